The van der Waals surface area contributed by atoms with Crippen molar-refractivity contribution >= 4 is 34.7 Å². The maximum atomic E-state index is 13.6. The highest BCUT2D eigenvalue weighted by atomic mass is 35.5. The van der Waals surface area contributed by atoms with Crippen molar-refractivity contribution in [3.63, 3.8) is 0 Å². The SMILES string of the molecule is COc1ccc(Nc2c(C#N)cnc3ccc(F)cc23)cc1OC.Cl. The van der Waals surface area contributed by atoms with E-state index >= 15 is 0 Å². The van der Waals surface area contributed by atoms with E-state index in [0.717, 1.165) is 0 Å². The maximum absolute atomic E-state index is 13.6. The molecule has 0 spiro atoms. The predicted molar refractivity (Wildman–Crippen MR) is 96.5 cm³/mol. The van der Waals surface area contributed by atoms with Gasteiger partial charge in [0.05, 0.1) is 31.0 Å². The normalized spacial score (nSPS) is 9.84. The van der Waals surface area contributed by atoms with Gasteiger partial charge in [-0.15, -0.1) is 12.4 Å². The number of nitriles is 1. The molecule has 5 nitrogen and oxygen atoms in total. The second kappa shape index (κ2) is 7.69. The smallest absolute Gasteiger partial charge is 0.162 e. The minimum Gasteiger partial charge on any atom is -0.493 e. The lowest BCUT2D eigenvalue weighted by Gasteiger charge is -2.14. The molecule has 128 valence electrons. The van der Waals surface area contributed by atoms with Gasteiger partial charge >= 0.3 is 0 Å². The van der Waals surface area contributed by atoms with E-state index in [1.165, 1.54) is 18.3 Å². The Kier molecular flexibility index (Phi) is 5.63. The van der Waals surface area contributed by atoms with Crippen LogP contribution in [0, 0.1) is 17.1 Å². The fourth-order valence-electron chi connectivity index (χ4n) is 2.44. The molecule has 1 aromatic heterocycles. The number of ether oxygens (including phenoxy) is 2. The van der Waals surface area contributed by atoms with Crippen LogP contribution in [0.15, 0.2) is 42.6 Å². The van der Waals surface area contributed by atoms with Crippen LogP contribution in [0.2, 0.25) is 0 Å². The molecule has 3 aromatic rings. The van der Waals surface area contributed by atoms with Gasteiger partial charge in [-0.2, -0.15) is 5.26 Å². The van der Waals surface area contributed by atoms with Crippen LogP contribution in [0.5, 0.6) is 11.5 Å². The lowest BCUT2D eigenvalue weighted by atomic mass is 10.1. The van der Waals surface area contributed by atoms with Crippen molar-refractivity contribution in [2.45, 2.75) is 0 Å². The fourth-order valence-corrected chi connectivity index (χ4v) is 2.44. The van der Waals surface area contributed by atoms with Gasteiger partial charge in [-0.3, -0.25) is 4.98 Å². The Balaban J connectivity index is 0.00000225. The lowest BCUT2D eigenvalue weighted by Crippen LogP contribution is -1.98. The van der Waals surface area contributed by atoms with E-state index in [0.29, 0.717) is 39.3 Å². The van der Waals surface area contributed by atoms with Gasteiger partial charge in [0.25, 0.3) is 0 Å². The molecule has 0 amide bonds. The summed E-state index contributed by atoms with van der Waals surface area (Å²) in [5.41, 5.74) is 2.09. The third-order valence-electron chi connectivity index (χ3n) is 3.60. The summed E-state index contributed by atoms with van der Waals surface area (Å²) in [6.07, 6.45) is 1.46. The number of hydrogen-bond donors (Lipinski definition) is 1. The number of nitrogens with one attached hydrogen (secondary N) is 1. The van der Waals surface area contributed by atoms with Crippen molar-refractivity contribution in [3.05, 3.63) is 54.0 Å². The molecule has 1 heterocycles. The van der Waals surface area contributed by atoms with Crippen LogP contribution in [0.1, 0.15) is 5.56 Å². The van der Waals surface area contributed by atoms with Gasteiger partial charge in [-0.1, -0.05) is 0 Å². The summed E-state index contributed by atoms with van der Waals surface area (Å²) in [4.78, 5) is 4.18. The molecular weight excluding hydrogens is 345 g/mol. The van der Waals surface area contributed by atoms with Gasteiger partial charge in [-0.25, -0.2) is 4.39 Å². The number of anilines is 2. The first-order valence-electron chi connectivity index (χ1n) is 7.13. The van der Waals surface area contributed by atoms with Crippen molar-refractivity contribution in [3.8, 4) is 17.6 Å². The summed E-state index contributed by atoms with van der Waals surface area (Å²) in [7, 11) is 3.09. The number of halogens is 2. The van der Waals surface area contributed by atoms with Gasteiger partial charge in [0.1, 0.15) is 11.9 Å². The summed E-state index contributed by atoms with van der Waals surface area (Å²) in [6.45, 7) is 0. The van der Waals surface area contributed by atoms with Crippen LogP contribution in [0.3, 0.4) is 0 Å². The second-order valence-corrected chi connectivity index (χ2v) is 5.01. The first kappa shape index (κ1) is 18.3. The largest absolute Gasteiger partial charge is 0.493 e. The second-order valence-electron chi connectivity index (χ2n) is 5.01. The van der Waals surface area contributed by atoms with Crippen LogP contribution in [0.25, 0.3) is 10.9 Å². The number of methoxy groups -OCH3 is 2. The minimum atomic E-state index is -0.394. The first-order valence-corrected chi connectivity index (χ1v) is 7.13. The van der Waals surface area contributed by atoms with Crippen molar-refractivity contribution in [1.82, 2.24) is 4.98 Å². The Hall–Kier alpha value is -3.04. The predicted octanol–water partition coefficient (Wildman–Crippen LogP) is 4.43. The zero-order valence-electron chi connectivity index (χ0n) is 13.5. The summed E-state index contributed by atoms with van der Waals surface area (Å²) in [6, 6.07) is 11.6. The van der Waals surface area contributed by atoms with E-state index in [1.54, 1.807) is 38.5 Å². The summed E-state index contributed by atoms with van der Waals surface area (Å²) in [5.74, 6) is 0.745. The highest BCUT2D eigenvalue weighted by Gasteiger charge is 2.12. The molecule has 0 saturated carbocycles. The van der Waals surface area contributed by atoms with Crippen LogP contribution in [-0.4, -0.2) is 19.2 Å². The Morgan fingerprint density at radius 2 is 1.84 bits per heavy atom. The van der Waals surface area contributed by atoms with Crippen LogP contribution in [0.4, 0.5) is 15.8 Å². The molecule has 2 aromatic carbocycles. The summed E-state index contributed by atoms with van der Waals surface area (Å²) < 4.78 is 24.1. The minimum absolute atomic E-state index is 0. The van der Waals surface area contributed by atoms with E-state index in [4.69, 9.17) is 9.47 Å². The molecule has 0 fully saturated rings. The monoisotopic (exact) mass is 359 g/mol. The number of benzene rings is 2. The average Bonchev–Trinajstić information content (AvgIpc) is 2.62. The number of fused-ring (bicyclic) bond motifs is 1. The van der Waals surface area contributed by atoms with Gasteiger partial charge in [-0.05, 0) is 30.3 Å². The maximum Gasteiger partial charge on any atom is 0.162 e. The Bertz CT molecular complexity index is 957. The number of rotatable bonds is 4. The van der Waals surface area contributed by atoms with E-state index in [1.807, 2.05) is 0 Å². The number of aromatic nitrogens is 1. The Morgan fingerprint density at radius 1 is 1.08 bits per heavy atom. The molecule has 0 bridgehead atoms. The van der Waals surface area contributed by atoms with E-state index in [9.17, 15) is 9.65 Å². The molecule has 0 aliphatic rings. The highest BCUT2D eigenvalue weighted by Crippen LogP contribution is 2.34. The molecule has 0 unspecified atom stereocenters. The molecular formula is C18H15ClFN3O2. The average molecular weight is 360 g/mol. The fraction of sp³-hybridized carbons (Fsp3) is 0.111. The molecule has 1 N–H and O–H groups in total. The van der Waals surface area contributed by atoms with Crippen LogP contribution in [-0.2, 0) is 0 Å². The molecule has 0 saturated heterocycles. The Morgan fingerprint density at radius 3 is 2.52 bits per heavy atom. The standard InChI is InChI=1S/C18H14FN3O2.ClH/c1-23-16-6-4-13(8-17(16)24-2)22-18-11(9-20)10-21-15-5-3-12(19)7-14(15)18;/h3-8,10H,1-2H3,(H,21,22);1H. The Labute approximate surface area is 150 Å². The summed E-state index contributed by atoms with van der Waals surface area (Å²) >= 11 is 0. The van der Waals surface area contributed by atoms with Crippen molar-refractivity contribution in [2.75, 3.05) is 19.5 Å². The quantitative estimate of drug-likeness (QED) is 0.746. The van der Waals surface area contributed by atoms with E-state index in [-0.39, 0.29) is 12.4 Å². The molecule has 0 aliphatic carbocycles. The third kappa shape index (κ3) is 3.57. The molecule has 0 radical (unpaired) electrons. The molecule has 0 aliphatic heterocycles. The van der Waals surface area contributed by atoms with E-state index in [2.05, 4.69) is 16.4 Å². The molecule has 0 atom stereocenters. The number of hydrogen-bond acceptors (Lipinski definition) is 5. The van der Waals surface area contributed by atoms with Crippen molar-refractivity contribution < 1.29 is 13.9 Å². The lowest BCUT2D eigenvalue weighted by molar-refractivity contribution is 0.355. The van der Waals surface area contributed by atoms with Gasteiger partial charge in [0.15, 0.2) is 11.5 Å². The van der Waals surface area contributed by atoms with Crippen molar-refractivity contribution in [1.29, 1.82) is 5.26 Å². The third-order valence-corrected chi connectivity index (χ3v) is 3.60. The topological polar surface area (TPSA) is 67.2 Å². The van der Waals surface area contributed by atoms with Gasteiger partial charge in [0, 0.05) is 23.3 Å². The first-order chi connectivity index (χ1) is 11.7. The highest BCUT2D eigenvalue weighted by molar-refractivity contribution is 5.95. The number of nitrogens with zero attached hydrogens (tertiary/aromatic N) is 2. The number of pyridine rings is 1. The van der Waals surface area contributed by atoms with Crippen molar-refractivity contribution in [2.24, 2.45) is 0 Å². The zero-order valence-corrected chi connectivity index (χ0v) is 14.4. The summed E-state index contributed by atoms with van der Waals surface area (Å²) in [5, 5.41) is 13.0. The van der Waals surface area contributed by atoms with Crippen LogP contribution < -0.4 is 14.8 Å². The van der Waals surface area contributed by atoms with E-state index < -0.39 is 5.82 Å². The van der Waals surface area contributed by atoms with Gasteiger partial charge < -0.3 is 14.8 Å². The van der Waals surface area contributed by atoms with Crippen LogP contribution >= 0.6 is 12.4 Å². The van der Waals surface area contributed by atoms with Gasteiger partial charge in [0.2, 0.25) is 0 Å². The molecule has 3 rings (SSSR count). The molecule has 7 heteroatoms. The molecule has 25 heavy (non-hydrogen) atoms. The zero-order chi connectivity index (χ0) is 17.1.